The van der Waals surface area contributed by atoms with E-state index in [2.05, 4.69) is 20.4 Å². The Bertz CT molecular complexity index is 1060. The van der Waals surface area contributed by atoms with Crippen LogP contribution in [0.4, 0.5) is 4.39 Å². The smallest absolute Gasteiger partial charge is 0.156 e. The summed E-state index contributed by atoms with van der Waals surface area (Å²) in [5.74, 6) is 0. The minimum absolute atomic E-state index is 0.0257. The number of hydrogen-bond acceptors (Lipinski definition) is 8. The average Bonchev–Trinajstić information content (AvgIpc) is 3.49. The number of alkyl halides is 1. The maximum Gasteiger partial charge on any atom is 0.156 e. The molecule has 1 aromatic carbocycles. The lowest BCUT2D eigenvalue weighted by Gasteiger charge is -2.36. The van der Waals surface area contributed by atoms with Crippen molar-refractivity contribution in [1.29, 1.82) is 0 Å². The molecule has 0 spiro atoms. The molecule has 1 fully saturated rings. The Kier molecular flexibility index (Phi) is 8.27. The van der Waals surface area contributed by atoms with E-state index in [4.69, 9.17) is 14.0 Å². The third-order valence-electron chi connectivity index (χ3n) is 6.77. The van der Waals surface area contributed by atoms with Crippen LogP contribution in [0.3, 0.4) is 0 Å². The molecule has 0 unspecified atom stereocenters. The predicted molar refractivity (Wildman–Crippen MR) is 127 cm³/mol. The Morgan fingerprint density at radius 2 is 2.06 bits per heavy atom. The second-order valence-electron chi connectivity index (χ2n) is 9.26. The molecule has 0 aliphatic carbocycles. The minimum Gasteiger partial charge on any atom is -0.374 e. The molecule has 35 heavy (non-hydrogen) atoms. The Labute approximate surface area is 204 Å². The zero-order chi connectivity index (χ0) is 24.9. The first-order valence-electron chi connectivity index (χ1n) is 11.9. The molecule has 4 rings (SSSR count). The monoisotopic (exact) mass is 487 g/mol. The molecule has 1 N–H and O–H groups in total. The lowest BCUT2D eigenvalue weighted by atomic mass is 9.99. The minimum atomic E-state index is -0.724. The van der Waals surface area contributed by atoms with Crippen molar-refractivity contribution in [3.63, 3.8) is 0 Å². The third kappa shape index (κ3) is 5.95. The predicted octanol–water partition coefficient (Wildman–Crippen LogP) is 3.50. The second kappa shape index (κ2) is 11.4. The Morgan fingerprint density at radius 3 is 2.69 bits per heavy atom. The third-order valence-corrected chi connectivity index (χ3v) is 6.77. The van der Waals surface area contributed by atoms with Crippen molar-refractivity contribution in [3.05, 3.63) is 53.7 Å². The van der Waals surface area contributed by atoms with Gasteiger partial charge in [-0.25, -0.2) is 9.07 Å². The molecule has 1 saturated heterocycles. The van der Waals surface area contributed by atoms with Crippen LogP contribution in [0.15, 0.2) is 41.2 Å². The quantitative estimate of drug-likeness (QED) is 0.464. The van der Waals surface area contributed by atoms with E-state index in [0.717, 1.165) is 41.0 Å². The van der Waals surface area contributed by atoms with Crippen molar-refractivity contribution in [3.8, 4) is 11.1 Å². The average molecular weight is 488 g/mol. The van der Waals surface area contributed by atoms with Crippen LogP contribution in [-0.2, 0) is 15.9 Å². The van der Waals surface area contributed by atoms with E-state index < -0.39 is 25.1 Å². The Balaban J connectivity index is 1.41. The summed E-state index contributed by atoms with van der Waals surface area (Å²) in [6.45, 7) is 3.96. The molecule has 9 nitrogen and oxygen atoms in total. The van der Waals surface area contributed by atoms with E-state index in [0.29, 0.717) is 12.8 Å². The topological polar surface area (TPSA) is 98.7 Å². The molecule has 1 aliphatic rings. The summed E-state index contributed by atoms with van der Waals surface area (Å²) in [7, 11) is 3.61. The summed E-state index contributed by atoms with van der Waals surface area (Å²) in [6, 6.07) is 7.35. The zero-order valence-electron chi connectivity index (χ0n) is 20.7. The molecule has 0 bridgehead atoms. The summed E-state index contributed by atoms with van der Waals surface area (Å²) in [5, 5.41) is 22.3. The van der Waals surface area contributed by atoms with Gasteiger partial charge in [-0.2, -0.15) is 0 Å². The number of ether oxygens (including phenoxy) is 2. The molecule has 0 saturated carbocycles. The van der Waals surface area contributed by atoms with Crippen molar-refractivity contribution in [2.24, 2.45) is 0 Å². The van der Waals surface area contributed by atoms with Gasteiger partial charge >= 0.3 is 0 Å². The molecule has 10 heteroatoms. The number of aliphatic hydroxyl groups is 1. The van der Waals surface area contributed by atoms with Gasteiger partial charge in [0.1, 0.15) is 25.1 Å². The van der Waals surface area contributed by atoms with Crippen molar-refractivity contribution in [2.45, 2.75) is 63.7 Å². The Hall–Kier alpha value is -2.66. The molecule has 3 aromatic rings. The Morgan fingerprint density at radius 1 is 1.29 bits per heavy atom. The fourth-order valence-corrected chi connectivity index (χ4v) is 4.74. The number of hydrogen-bond donors (Lipinski definition) is 1. The summed E-state index contributed by atoms with van der Waals surface area (Å²) >= 11 is 0. The van der Waals surface area contributed by atoms with Crippen LogP contribution in [-0.4, -0.2) is 76.0 Å². The van der Waals surface area contributed by atoms with Gasteiger partial charge in [0.2, 0.25) is 0 Å². The number of aliphatic hydroxyl groups excluding tert-OH is 1. The van der Waals surface area contributed by atoms with Crippen molar-refractivity contribution >= 4 is 0 Å². The van der Waals surface area contributed by atoms with Crippen LogP contribution in [0.2, 0.25) is 0 Å². The number of likely N-dealkylation sites (N-methyl/N-ethyl adjacent to an activating group) is 1. The fraction of sp³-hybridized carbons (Fsp3) is 0.560. The largest absolute Gasteiger partial charge is 0.374 e. The summed E-state index contributed by atoms with van der Waals surface area (Å²) in [5.41, 5.74) is 4.33. The molecular weight excluding hydrogens is 453 g/mol. The normalized spacial score (nSPS) is 22.4. The first-order chi connectivity index (χ1) is 16.9. The van der Waals surface area contributed by atoms with Crippen LogP contribution in [0.5, 0.6) is 0 Å². The maximum absolute atomic E-state index is 14.2. The number of benzene rings is 1. The molecule has 5 atom stereocenters. The number of aryl methyl sites for hydroxylation is 1. The van der Waals surface area contributed by atoms with Gasteiger partial charge in [0.15, 0.2) is 6.29 Å². The molecule has 190 valence electrons. The van der Waals surface area contributed by atoms with E-state index in [1.807, 2.05) is 45.2 Å². The first-order valence-corrected chi connectivity index (χ1v) is 11.9. The fourth-order valence-electron chi connectivity index (χ4n) is 4.74. The lowest BCUT2D eigenvalue weighted by molar-refractivity contribution is -0.173. The van der Waals surface area contributed by atoms with Gasteiger partial charge in [-0.1, -0.05) is 34.6 Å². The summed E-state index contributed by atoms with van der Waals surface area (Å²) < 4.78 is 31.9. The molecule has 1 aliphatic heterocycles. The highest BCUT2D eigenvalue weighted by Gasteiger charge is 2.29. The maximum atomic E-state index is 14.2. The first kappa shape index (κ1) is 25.4. The number of halogens is 1. The number of rotatable bonds is 10. The summed E-state index contributed by atoms with van der Waals surface area (Å²) in [6.07, 6.45) is 4.30. The van der Waals surface area contributed by atoms with Crippen molar-refractivity contribution < 1.29 is 23.5 Å². The van der Waals surface area contributed by atoms with Crippen LogP contribution >= 0.6 is 0 Å². The van der Waals surface area contributed by atoms with Crippen LogP contribution in [0, 0.1) is 6.92 Å². The highest BCUT2D eigenvalue weighted by molar-refractivity contribution is 5.64. The second-order valence-corrected chi connectivity index (χ2v) is 9.26. The van der Waals surface area contributed by atoms with Gasteiger partial charge < -0.3 is 24.0 Å². The molecule has 0 amide bonds. The molecule has 2 aromatic heterocycles. The summed E-state index contributed by atoms with van der Waals surface area (Å²) in [4.78, 5) is 2.21. The molecule has 0 radical (unpaired) electrons. The van der Waals surface area contributed by atoms with E-state index in [1.165, 1.54) is 0 Å². The highest BCUT2D eigenvalue weighted by Crippen LogP contribution is 2.32. The van der Waals surface area contributed by atoms with Gasteiger partial charge in [0.05, 0.1) is 17.5 Å². The van der Waals surface area contributed by atoms with Crippen LogP contribution in [0.1, 0.15) is 48.9 Å². The van der Waals surface area contributed by atoms with Gasteiger partial charge in [-0.3, -0.25) is 0 Å². The van der Waals surface area contributed by atoms with E-state index in [-0.39, 0.29) is 12.1 Å². The van der Waals surface area contributed by atoms with E-state index in [9.17, 15) is 9.50 Å². The van der Waals surface area contributed by atoms with E-state index in [1.54, 1.807) is 24.3 Å². The van der Waals surface area contributed by atoms with Crippen LogP contribution < -0.4 is 0 Å². The van der Waals surface area contributed by atoms with Crippen LogP contribution in [0.25, 0.3) is 11.1 Å². The number of aromatic nitrogens is 4. The van der Waals surface area contributed by atoms with Gasteiger partial charge in [-0.15, -0.1) is 5.10 Å². The molecular formula is C25H34FN5O4. The van der Waals surface area contributed by atoms with E-state index >= 15 is 0 Å². The highest BCUT2D eigenvalue weighted by atomic mass is 19.1. The SMILES string of the molecule is CO[C@H](c1ccc(-c2conc2C)cc1)[C@@H](CF)n1cc(CCN(C)[C@H]2C[C@@H](C)O[C@@H](O)C2)nn1. The van der Waals surface area contributed by atoms with Gasteiger partial charge in [-0.05, 0) is 38.4 Å². The van der Waals surface area contributed by atoms with Crippen molar-refractivity contribution in [1.82, 2.24) is 25.1 Å². The van der Waals surface area contributed by atoms with Crippen molar-refractivity contribution in [2.75, 3.05) is 27.4 Å². The standard InChI is InChI=1S/C25H34FN5O4/c1-16-11-21(12-24(32)35-16)30(3)10-9-20-14-31(29-27-20)23(13-26)25(33-4)19-7-5-18(6-8-19)22-15-34-28-17(22)2/h5-8,14-16,21,23-25,32H,9-13H2,1-4H3/t16-,21+,23-,24-,25-/m1/s1. The lowest BCUT2D eigenvalue weighted by Crippen LogP contribution is -2.43. The zero-order valence-corrected chi connectivity index (χ0v) is 20.7. The van der Waals surface area contributed by atoms with Gasteiger partial charge in [0.25, 0.3) is 0 Å². The number of methoxy groups -OCH3 is 1. The van der Waals surface area contributed by atoms with Gasteiger partial charge in [0, 0.05) is 44.3 Å². The molecule has 3 heterocycles. The number of nitrogens with zero attached hydrogens (tertiary/aromatic N) is 5.